The van der Waals surface area contributed by atoms with Gasteiger partial charge >= 0.3 is 0 Å². The molecule has 0 aromatic heterocycles. The Morgan fingerprint density at radius 1 is 1.62 bits per heavy atom. The molecular weight excluding hydrogens is 102 g/mol. The number of rotatable bonds is 2. The van der Waals surface area contributed by atoms with Crippen LogP contribution in [0.15, 0.2) is 0 Å². The molecule has 0 radical (unpaired) electrons. The van der Waals surface area contributed by atoms with Gasteiger partial charge in [0, 0.05) is 0 Å². The van der Waals surface area contributed by atoms with Crippen LogP contribution in [0.2, 0.25) is 0 Å². The molecule has 3 N–H and O–H groups in total. The van der Waals surface area contributed by atoms with Gasteiger partial charge in [-0.15, -0.1) is 0 Å². The second-order valence-corrected chi connectivity index (χ2v) is 2.79. The molecule has 1 atom stereocenters. The van der Waals surface area contributed by atoms with E-state index in [2.05, 4.69) is 0 Å². The molecule has 0 bridgehead atoms. The molecule has 1 unspecified atom stereocenters. The summed E-state index contributed by atoms with van der Waals surface area (Å²) in [5, 5.41) is 9.21. The lowest BCUT2D eigenvalue weighted by atomic mass is 9.93. The van der Waals surface area contributed by atoms with Crippen LogP contribution >= 0.6 is 0 Å². The zero-order chi connectivity index (χ0) is 6.78. The molecule has 0 fully saturated rings. The third-order valence-electron chi connectivity index (χ3n) is 1.56. The van der Waals surface area contributed by atoms with Crippen LogP contribution in [0.3, 0.4) is 0 Å². The molecule has 0 aliphatic heterocycles. The van der Waals surface area contributed by atoms with Crippen LogP contribution in [-0.2, 0) is 0 Å². The molecule has 2 nitrogen and oxygen atoms in total. The maximum Gasteiger partial charge on any atom is 0.0629 e. The van der Waals surface area contributed by atoms with Crippen molar-refractivity contribution in [1.82, 2.24) is 0 Å². The number of nitrogens with two attached hydrogens (primary N) is 1. The predicted octanol–water partition coefficient (Wildman–Crippen LogP) is 0.352. The molecule has 0 aliphatic rings. The van der Waals surface area contributed by atoms with Crippen LogP contribution in [-0.4, -0.2) is 17.3 Å². The lowest BCUT2D eigenvalue weighted by Gasteiger charge is -2.23. The summed E-state index contributed by atoms with van der Waals surface area (Å²) in [6, 6.07) is 0. The second kappa shape index (κ2) is 2.46. The van der Waals surface area contributed by atoms with Crippen molar-refractivity contribution < 1.29 is 5.11 Å². The van der Waals surface area contributed by atoms with Crippen LogP contribution in [0, 0.1) is 5.92 Å². The standard InChI is InChI=1S/C6H15NO/c1-5(4-7)6(2,3)8/h5,8H,4,7H2,1-3H3. The minimum atomic E-state index is -0.616. The van der Waals surface area contributed by atoms with Crippen LogP contribution < -0.4 is 5.73 Å². The van der Waals surface area contributed by atoms with Crippen molar-refractivity contribution in [3.8, 4) is 0 Å². The summed E-state index contributed by atoms with van der Waals surface area (Å²) in [6.07, 6.45) is 0. The average molecular weight is 117 g/mol. The molecule has 2 heteroatoms. The van der Waals surface area contributed by atoms with E-state index in [-0.39, 0.29) is 5.92 Å². The van der Waals surface area contributed by atoms with E-state index < -0.39 is 5.60 Å². The Balaban J connectivity index is 3.62. The molecular formula is C6H15NO. The molecule has 0 amide bonds. The van der Waals surface area contributed by atoms with Gasteiger partial charge in [0.25, 0.3) is 0 Å². The minimum Gasteiger partial charge on any atom is -0.390 e. The fraction of sp³-hybridized carbons (Fsp3) is 1.00. The molecule has 0 spiro atoms. The first-order valence-corrected chi connectivity index (χ1v) is 2.91. The minimum absolute atomic E-state index is 0.183. The van der Waals surface area contributed by atoms with E-state index in [0.717, 1.165) is 0 Å². The Kier molecular flexibility index (Phi) is 2.44. The third kappa shape index (κ3) is 2.28. The van der Waals surface area contributed by atoms with Crippen LogP contribution in [0.25, 0.3) is 0 Å². The Bertz CT molecular complexity index is 65.4. The first kappa shape index (κ1) is 7.92. The van der Waals surface area contributed by atoms with Gasteiger partial charge in [-0.05, 0) is 26.3 Å². The number of hydrogen-bond donors (Lipinski definition) is 2. The molecule has 0 aliphatic carbocycles. The summed E-state index contributed by atoms with van der Waals surface area (Å²) in [6.45, 7) is 6.01. The van der Waals surface area contributed by atoms with Gasteiger partial charge < -0.3 is 10.8 Å². The van der Waals surface area contributed by atoms with Crippen molar-refractivity contribution in [2.24, 2.45) is 11.7 Å². The first-order chi connectivity index (χ1) is 3.48. The molecule has 0 saturated carbocycles. The third-order valence-corrected chi connectivity index (χ3v) is 1.56. The summed E-state index contributed by atoms with van der Waals surface area (Å²) >= 11 is 0. The van der Waals surface area contributed by atoms with E-state index in [1.807, 2.05) is 6.92 Å². The van der Waals surface area contributed by atoms with E-state index >= 15 is 0 Å². The molecule has 0 aromatic rings. The van der Waals surface area contributed by atoms with E-state index in [1.54, 1.807) is 13.8 Å². The summed E-state index contributed by atoms with van der Waals surface area (Å²) in [7, 11) is 0. The zero-order valence-electron chi connectivity index (χ0n) is 5.81. The zero-order valence-corrected chi connectivity index (χ0v) is 5.81. The highest BCUT2D eigenvalue weighted by molar-refractivity contribution is 4.73. The van der Waals surface area contributed by atoms with E-state index in [9.17, 15) is 5.11 Å². The predicted molar refractivity (Wildman–Crippen MR) is 34.5 cm³/mol. The lowest BCUT2D eigenvalue weighted by molar-refractivity contribution is 0.0287. The van der Waals surface area contributed by atoms with Gasteiger partial charge in [-0.1, -0.05) is 6.92 Å². The van der Waals surface area contributed by atoms with Crippen molar-refractivity contribution in [3.63, 3.8) is 0 Å². The molecule has 8 heavy (non-hydrogen) atoms. The Labute approximate surface area is 50.7 Å². The lowest BCUT2D eigenvalue weighted by Crippen LogP contribution is -2.33. The monoisotopic (exact) mass is 117 g/mol. The van der Waals surface area contributed by atoms with Crippen molar-refractivity contribution in [2.75, 3.05) is 6.54 Å². The van der Waals surface area contributed by atoms with Crippen molar-refractivity contribution >= 4 is 0 Å². The Morgan fingerprint density at radius 3 is 2.00 bits per heavy atom. The van der Waals surface area contributed by atoms with Gasteiger partial charge in [0.1, 0.15) is 0 Å². The molecule has 0 rings (SSSR count). The SMILES string of the molecule is CC(CN)C(C)(C)O. The Hall–Kier alpha value is -0.0800. The smallest absolute Gasteiger partial charge is 0.0629 e. The summed E-state index contributed by atoms with van der Waals surface area (Å²) in [5.41, 5.74) is 4.68. The van der Waals surface area contributed by atoms with Gasteiger partial charge in [0.2, 0.25) is 0 Å². The van der Waals surface area contributed by atoms with Gasteiger partial charge in [-0.25, -0.2) is 0 Å². The number of aliphatic hydroxyl groups is 1. The van der Waals surface area contributed by atoms with Crippen LogP contribution in [0.1, 0.15) is 20.8 Å². The summed E-state index contributed by atoms with van der Waals surface area (Å²) in [5.74, 6) is 0.183. The van der Waals surface area contributed by atoms with Gasteiger partial charge in [0.05, 0.1) is 5.60 Å². The van der Waals surface area contributed by atoms with E-state index in [1.165, 1.54) is 0 Å². The average Bonchev–Trinajstić information content (AvgIpc) is 1.62. The summed E-state index contributed by atoms with van der Waals surface area (Å²) in [4.78, 5) is 0. The maximum absolute atomic E-state index is 9.21. The van der Waals surface area contributed by atoms with Gasteiger partial charge in [-0.2, -0.15) is 0 Å². The highest BCUT2D eigenvalue weighted by atomic mass is 16.3. The van der Waals surface area contributed by atoms with Crippen molar-refractivity contribution in [2.45, 2.75) is 26.4 Å². The quantitative estimate of drug-likeness (QED) is 0.548. The summed E-state index contributed by atoms with van der Waals surface area (Å²) < 4.78 is 0. The molecule has 50 valence electrons. The normalized spacial score (nSPS) is 16.1. The van der Waals surface area contributed by atoms with E-state index in [4.69, 9.17) is 5.73 Å². The van der Waals surface area contributed by atoms with Crippen LogP contribution in [0.5, 0.6) is 0 Å². The van der Waals surface area contributed by atoms with Crippen molar-refractivity contribution in [1.29, 1.82) is 0 Å². The van der Waals surface area contributed by atoms with Gasteiger partial charge in [-0.3, -0.25) is 0 Å². The van der Waals surface area contributed by atoms with Crippen LogP contribution in [0.4, 0.5) is 0 Å². The fourth-order valence-corrected chi connectivity index (χ4v) is 0.288. The number of hydrogen-bond acceptors (Lipinski definition) is 2. The second-order valence-electron chi connectivity index (χ2n) is 2.79. The first-order valence-electron chi connectivity index (χ1n) is 2.91. The fourth-order valence-electron chi connectivity index (χ4n) is 0.288. The highest BCUT2D eigenvalue weighted by Crippen LogP contribution is 2.12. The maximum atomic E-state index is 9.21. The highest BCUT2D eigenvalue weighted by Gasteiger charge is 2.19. The largest absolute Gasteiger partial charge is 0.390 e. The Morgan fingerprint density at radius 2 is 2.00 bits per heavy atom. The molecule has 0 aromatic carbocycles. The van der Waals surface area contributed by atoms with Crippen molar-refractivity contribution in [3.05, 3.63) is 0 Å². The van der Waals surface area contributed by atoms with E-state index in [0.29, 0.717) is 6.54 Å². The topological polar surface area (TPSA) is 46.2 Å². The van der Waals surface area contributed by atoms with Gasteiger partial charge in [0.15, 0.2) is 0 Å². The molecule has 0 saturated heterocycles. The molecule has 0 heterocycles.